The van der Waals surface area contributed by atoms with Crippen molar-refractivity contribution in [1.82, 2.24) is 0 Å². The van der Waals surface area contributed by atoms with Crippen molar-refractivity contribution < 1.29 is 19.2 Å². The number of carbonyl (C=O) groups is 2. The molecule has 2 aromatic rings. The van der Waals surface area contributed by atoms with Gasteiger partial charge in [-0.3, -0.25) is 19.7 Å². The van der Waals surface area contributed by atoms with Gasteiger partial charge in [0, 0.05) is 17.4 Å². The molecule has 1 heterocycles. The molecule has 0 spiro atoms. The van der Waals surface area contributed by atoms with Gasteiger partial charge in [0.1, 0.15) is 11.4 Å². The van der Waals surface area contributed by atoms with Gasteiger partial charge in [-0.2, -0.15) is 0 Å². The number of benzene rings is 2. The Morgan fingerprint density at radius 1 is 1.33 bits per heavy atom. The number of nitrogens with zero attached hydrogens (tertiary/aromatic N) is 1. The minimum absolute atomic E-state index is 0.104. The third kappa shape index (κ3) is 4.37. The van der Waals surface area contributed by atoms with Crippen molar-refractivity contribution in [2.45, 2.75) is 23.5 Å². The molecule has 2 N–H and O–H groups in total. The van der Waals surface area contributed by atoms with E-state index >= 15 is 0 Å². The molecule has 1 aliphatic rings. The van der Waals surface area contributed by atoms with E-state index in [2.05, 4.69) is 10.6 Å². The predicted octanol–water partition coefficient (Wildman–Crippen LogP) is 3.44. The van der Waals surface area contributed by atoms with Crippen molar-refractivity contribution in [3.8, 4) is 5.75 Å². The van der Waals surface area contributed by atoms with Crippen LogP contribution in [0.25, 0.3) is 0 Å². The van der Waals surface area contributed by atoms with Gasteiger partial charge >= 0.3 is 0 Å². The molecule has 1 atom stereocenters. The van der Waals surface area contributed by atoms with E-state index in [9.17, 15) is 19.7 Å². The quantitative estimate of drug-likeness (QED) is 0.580. The molecule has 0 saturated heterocycles. The molecule has 0 radical (unpaired) electrons. The molecular formula is C18H17N3O5S. The number of hydrogen-bond donors (Lipinski definition) is 2. The Morgan fingerprint density at radius 3 is 2.85 bits per heavy atom. The molecule has 0 aliphatic carbocycles. The molecular weight excluding hydrogens is 370 g/mol. The molecule has 1 aliphatic heterocycles. The van der Waals surface area contributed by atoms with E-state index in [-0.39, 0.29) is 23.7 Å². The summed E-state index contributed by atoms with van der Waals surface area (Å²) < 4.78 is 5.46. The predicted molar refractivity (Wildman–Crippen MR) is 102 cm³/mol. The zero-order valence-corrected chi connectivity index (χ0v) is 15.2. The van der Waals surface area contributed by atoms with E-state index in [1.54, 1.807) is 18.2 Å². The third-order valence-electron chi connectivity index (χ3n) is 3.83. The van der Waals surface area contributed by atoms with Crippen LogP contribution in [0, 0.1) is 10.1 Å². The summed E-state index contributed by atoms with van der Waals surface area (Å²) in [7, 11) is 0. The molecule has 0 unspecified atom stereocenters. The first kappa shape index (κ1) is 18.7. The van der Waals surface area contributed by atoms with Gasteiger partial charge in [-0.15, -0.1) is 11.8 Å². The van der Waals surface area contributed by atoms with E-state index < -0.39 is 16.1 Å². The number of hydrogen-bond acceptors (Lipinski definition) is 6. The normalized spacial score (nSPS) is 15.4. The molecule has 3 rings (SSSR count). The highest BCUT2D eigenvalue weighted by atomic mass is 32.2. The fourth-order valence-electron chi connectivity index (χ4n) is 2.62. The highest BCUT2D eigenvalue weighted by molar-refractivity contribution is 8.01. The number of nitro benzene ring substituents is 1. The smallest absolute Gasteiger partial charge is 0.292 e. The van der Waals surface area contributed by atoms with Gasteiger partial charge in [-0.1, -0.05) is 12.1 Å². The van der Waals surface area contributed by atoms with Gasteiger partial charge in [0.05, 0.1) is 22.5 Å². The van der Waals surface area contributed by atoms with Crippen LogP contribution in [0.3, 0.4) is 0 Å². The average molecular weight is 387 g/mol. The summed E-state index contributed by atoms with van der Waals surface area (Å²) in [5.41, 5.74) is 0.579. The van der Waals surface area contributed by atoms with Crippen LogP contribution in [0.5, 0.6) is 5.75 Å². The Labute approximate surface area is 159 Å². The van der Waals surface area contributed by atoms with Gasteiger partial charge in [0.2, 0.25) is 11.8 Å². The van der Waals surface area contributed by atoms with E-state index in [0.717, 1.165) is 4.90 Å². The maximum atomic E-state index is 12.3. The number of rotatable bonds is 6. The van der Waals surface area contributed by atoms with Crippen LogP contribution in [0.1, 0.15) is 13.3 Å². The number of carbonyl (C=O) groups excluding carboxylic acids is 2. The Bertz CT molecular complexity index is 902. The molecule has 2 aromatic carbocycles. The highest BCUT2D eigenvalue weighted by Gasteiger charge is 2.30. The van der Waals surface area contributed by atoms with Crippen LogP contribution in [0.4, 0.5) is 17.1 Å². The largest absolute Gasteiger partial charge is 0.494 e. The Balaban J connectivity index is 1.71. The standard InChI is InChI=1S/C18H17N3O5S/c1-2-26-11-7-8-13-15(9-11)27-16(18(23)20-13)10-17(22)19-12-5-3-4-6-14(12)21(24)25/h3-9,16H,2,10H2,1H3,(H,19,22)(H,20,23)/t16-/m1/s1. The summed E-state index contributed by atoms with van der Waals surface area (Å²) in [5.74, 6) is -0.0706. The lowest BCUT2D eigenvalue weighted by Gasteiger charge is -2.24. The molecule has 140 valence electrons. The lowest BCUT2D eigenvalue weighted by atomic mass is 10.2. The molecule has 8 nitrogen and oxygen atoms in total. The van der Waals surface area contributed by atoms with Crippen LogP contribution in [0.2, 0.25) is 0 Å². The second kappa shape index (κ2) is 8.09. The van der Waals surface area contributed by atoms with E-state index in [4.69, 9.17) is 4.74 Å². The maximum Gasteiger partial charge on any atom is 0.292 e. The van der Waals surface area contributed by atoms with Crippen LogP contribution < -0.4 is 15.4 Å². The monoisotopic (exact) mass is 387 g/mol. The van der Waals surface area contributed by atoms with Gasteiger partial charge in [-0.05, 0) is 31.2 Å². The molecule has 27 heavy (non-hydrogen) atoms. The molecule has 0 saturated carbocycles. The molecule has 2 amide bonds. The number of para-hydroxylation sites is 2. The summed E-state index contributed by atoms with van der Waals surface area (Å²) in [6, 6.07) is 11.2. The number of ether oxygens (including phenoxy) is 1. The van der Waals surface area contributed by atoms with Crippen LogP contribution in [0.15, 0.2) is 47.4 Å². The second-order valence-electron chi connectivity index (χ2n) is 5.71. The topological polar surface area (TPSA) is 111 Å². The summed E-state index contributed by atoms with van der Waals surface area (Å²) in [6.07, 6.45) is -0.110. The van der Waals surface area contributed by atoms with Crippen molar-refractivity contribution in [2.75, 3.05) is 17.2 Å². The average Bonchev–Trinajstić information content (AvgIpc) is 2.63. The van der Waals surface area contributed by atoms with Crippen molar-refractivity contribution in [3.05, 3.63) is 52.6 Å². The zero-order chi connectivity index (χ0) is 19.4. The third-order valence-corrected chi connectivity index (χ3v) is 5.09. The first-order chi connectivity index (χ1) is 13.0. The van der Waals surface area contributed by atoms with E-state index in [1.165, 1.54) is 30.0 Å². The van der Waals surface area contributed by atoms with E-state index in [1.807, 2.05) is 13.0 Å². The fraction of sp³-hybridized carbons (Fsp3) is 0.222. The van der Waals surface area contributed by atoms with Gasteiger partial charge < -0.3 is 15.4 Å². The molecule has 0 bridgehead atoms. The number of anilines is 2. The van der Waals surface area contributed by atoms with Gasteiger partial charge in [0.25, 0.3) is 5.69 Å². The van der Waals surface area contributed by atoms with Crippen molar-refractivity contribution in [2.24, 2.45) is 0 Å². The van der Waals surface area contributed by atoms with Gasteiger partial charge in [-0.25, -0.2) is 0 Å². The fourth-order valence-corrected chi connectivity index (χ4v) is 3.76. The maximum absolute atomic E-state index is 12.3. The first-order valence-electron chi connectivity index (χ1n) is 8.25. The van der Waals surface area contributed by atoms with E-state index in [0.29, 0.717) is 18.0 Å². The number of amides is 2. The summed E-state index contributed by atoms with van der Waals surface area (Å²) >= 11 is 1.27. The molecule has 9 heteroatoms. The Kier molecular flexibility index (Phi) is 5.60. The minimum Gasteiger partial charge on any atom is -0.494 e. The van der Waals surface area contributed by atoms with Crippen molar-refractivity contribution >= 4 is 40.6 Å². The first-order valence-corrected chi connectivity index (χ1v) is 9.13. The lowest BCUT2D eigenvalue weighted by Crippen LogP contribution is -2.32. The highest BCUT2D eigenvalue weighted by Crippen LogP contribution is 2.39. The number of thioether (sulfide) groups is 1. The molecule has 0 aromatic heterocycles. The Hall–Kier alpha value is -3.07. The summed E-state index contributed by atoms with van der Waals surface area (Å²) in [4.78, 5) is 35.9. The number of nitro groups is 1. The number of nitrogens with one attached hydrogen (secondary N) is 2. The lowest BCUT2D eigenvalue weighted by molar-refractivity contribution is -0.383. The zero-order valence-electron chi connectivity index (χ0n) is 14.4. The number of fused-ring (bicyclic) bond motifs is 1. The van der Waals surface area contributed by atoms with Crippen LogP contribution >= 0.6 is 11.8 Å². The molecule has 0 fully saturated rings. The van der Waals surface area contributed by atoms with Gasteiger partial charge in [0.15, 0.2) is 0 Å². The Morgan fingerprint density at radius 2 is 2.11 bits per heavy atom. The van der Waals surface area contributed by atoms with Crippen LogP contribution in [-0.2, 0) is 9.59 Å². The van der Waals surface area contributed by atoms with Crippen molar-refractivity contribution in [3.63, 3.8) is 0 Å². The SMILES string of the molecule is CCOc1ccc2c(c1)S[C@H](CC(=O)Nc1ccccc1[N+](=O)[O-])C(=O)N2. The summed E-state index contributed by atoms with van der Waals surface area (Å²) in [5, 5.41) is 15.7. The van der Waals surface area contributed by atoms with Crippen LogP contribution in [-0.4, -0.2) is 28.6 Å². The van der Waals surface area contributed by atoms with Crippen molar-refractivity contribution in [1.29, 1.82) is 0 Å². The minimum atomic E-state index is -0.642. The summed E-state index contributed by atoms with van der Waals surface area (Å²) in [6.45, 7) is 2.40. The second-order valence-corrected chi connectivity index (χ2v) is 6.96.